The van der Waals surface area contributed by atoms with E-state index in [0.29, 0.717) is 35.8 Å². The zero-order valence-electron chi connectivity index (χ0n) is 13.3. The van der Waals surface area contributed by atoms with E-state index in [2.05, 4.69) is 5.10 Å². The topological polar surface area (TPSA) is 75.4 Å². The summed E-state index contributed by atoms with van der Waals surface area (Å²) in [6, 6.07) is 8.38. The molecule has 0 aliphatic carbocycles. The molecule has 7 heteroatoms. The van der Waals surface area contributed by atoms with Crippen molar-refractivity contribution in [3.8, 4) is 5.69 Å². The first-order valence-corrected chi connectivity index (χ1v) is 8.18. The zero-order valence-corrected chi connectivity index (χ0v) is 14.0. The molecular formula is C17H18ClN3O3. The maximum absolute atomic E-state index is 12.6. The molecule has 0 unspecified atom stereocenters. The van der Waals surface area contributed by atoms with Crippen LogP contribution in [-0.4, -0.2) is 44.9 Å². The molecule has 1 atom stereocenters. The molecule has 1 saturated heterocycles. The lowest BCUT2D eigenvalue weighted by Gasteiger charge is -2.29. The molecule has 1 N–H and O–H groups in total. The Labute approximate surface area is 144 Å². The van der Waals surface area contributed by atoms with Crippen LogP contribution in [0, 0.1) is 6.92 Å². The van der Waals surface area contributed by atoms with Crippen molar-refractivity contribution in [2.45, 2.75) is 25.9 Å². The molecule has 24 heavy (non-hydrogen) atoms. The Balaban J connectivity index is 1.99. The minimum atomic E-state index is -0.549. The number of halogens is 1. The van der Waals surface area contributed by atoms with Gasteiger partial charge >= 0.3 is 0 Å². The van der Waals surface area contributed by atoms with Crippen molar-refractivity contribution in [1.29, 1.82) is 0 Å². The van der Waals surface area contributed by atoms with Gasteiger partial charge in [0.25, 0.3) is 5.91 Å². The highest BCUT2D eigenvalue weighted by molar-refractivity contribution is 6.30. The molecule has 0 saturated carbocycles. The van der Waals surface area contributed by atoms with Gasteiger partial charge in [-0.15, -0.1) is 0 Å². The van der Waals surface area contributed by atoms with E-state index in [9.17, 15) is 14.7 Å². The monoisotopic (exact) mass is 347 g/mol. The molecular weight excluding hydrogens is 330 g/mol. The third kappa shape index (κ3) is 3.34. The number of aliphatic hydroxyl groups excluding tert-OH is 1. The van der Waals surface area contributed by atoms with Crippen LogP contribution in [0.5, 0.6) is 0 Å². The average Bonchev–Trinajstić information content (AvgIpc) is 2.55. The van der Waals surface area contributed by atoms with Crippen molar-refractivity contribution in [1.82, 2.24) is 14.7 Å². The molecule has 6 nitrogen and oxygen atoms in total. The van der Waals surface area contributed by atoms with E-state index in [1.165, 1.54) is 11.0 Å². The Bertz CT molecular complexity index is 817. The lowest BCUT2D eigenvalue weighted by molar-refractivity contribution is 0.0466. The molecule has 126 valence electrons. The molecule has 1 aliphatic rings. The Kier molecular flexibility index (Phi) is 4.69. The Hall–Kier alpha value is -2.18. The fraction of sp³-hybridized carbons (Fsp3) is 0.353. The lowest BCUT2D eigenvalue weighted by atomic mass is 10.1. The second-order valence-corrected chi connectivity index (χ2v) is 6.37. The van der Waals surface area contributed by atoms with Crippen molar-refractivity contribution < 1.29 is 9.90 Å². The van der Waals surface area contributed by atoms with Crippen LogP contribution in [0.4, 0.5) is 0 Å². The largest absolute Gasteiger partial charge is 0.391 e. The number of rotatable bonds is 2. The number of aliphatic hydroxyl groups is 1. The first-order valence-electron chi connectivity index (χ1n) is 7.80. The van der Waals surface area contributed by atoms with E-state index in [1.54, 1.807) is 35.9 Å². The zero-order chi connectivity index (χ0) is 17.3. The highest BCUT2D eigenvalue weighted by atomic mass is 35.5. The standard InChI is InChI=1S/C17H18ClN3O3/c1-11-9-15(23)16(17(24)20-8-2-3-14(22)10-20)19-21(11)13-6-4-12(18)5-7-13/h4-7,9,14,22H,2-3,8,10H2,1H3/t14-/m0/s1. The van der Waals surface area contributed by atoms with E-state index in [0.717, 1.165) is 0 Å². The summed E-state index contributed by atoms with van der Waals surface area (Å²) in [7, 11) is 0. The van der Waals surface area contributed by atoms with E-state index in [1.807, 2.05) is 0 Å². The smallest absolute Gasteiger partial charge is 0.278 e. The normalized spacial score (nSPS) is 17.8. The Morgan fingerprint density at radius 1 is 1.33 bits per heavy atom. The second-order valence-electron chi connectivity index (χ2n) is 5.93. The van der Waals surface area contributed by atoms with E-state index >= 15 is 0 Å². The second kappa shape index (κ2) is 6.75. The summed E-state index contributed by atoms with van der Waals surface area (Å²) in [5.74, 6) is -0.443. The summed E-state index contributed by atoms with van der Waals surface area (Å²) in [6.45, 7) is 2.50. The number of carbonyl (C=O) groups excluding carboxylic acids is 1. The molecule has 1 fully saturated rings. The van der Waals surface area contributed by atoms with Gasteiger partial charge in [0.15, 0.2) is 5.69 Å². The van der Waals surface area contributed by atoms with Gasteiger partial charge in [0.2, 0.25) is 5.43 Å². The van der Waals surface area contributed by atoms with Crippen LogP contribution in [0.1, 0.15) is 29.0 Å². The van der Waals surface area contributed by atoms with Crippen molar-refractivity contribution in [2.75, 3.05) is 13.1 Å². The molecule has 2 heterocycles. The molecule has 1 aromatic heterocycles. The van der Waals surface area contributed by atoms with Crippen LogP contribution >= 0.6 is 11.6 Å². The van der Waals surface area contributed by atoms with Gasteiger partial charge in [0, 0.05) is 29.9 Å². The Morgan fingerprint density at radius 2 is 2.04 bits per heavy atom. The molecule has 0 radical (unpaired) electrons. The first kappa shape index (κ1) is 16.7. The molecule has 3 rings (SSSR count). The number of hydrogen-bond acceptors (Lipinski definition) is 4. The average molecular weight is 348 g/mol. The minimum Gasteiger partial charge on any atom is -0.391 e. The number of β-amino-alcohol motifs (C(OH)–C–C–N with tert-alkyl or cyclic N) is 1. The minimum absolute atomic E-state index is 0.135. The summed E-state index contributed by atoms with van der Waals surface area (Å²) in [6.07, 6.45) is 0.830. The fourth-order valence-electron chi connectivity index (χ4n) is 2.83. The van der Waals surface area contributed by atoms with Crippen LogP contribution in [0.2, 0.25) is 5.02 Å². The summed E-state index contributed by atoms with van der Waals surface area (Å²) in [4.78, 5) is 26.4. The molecule has 0 bridgehead atoms. The fourth-order valence-corrected chi connectivity index (χ4v) is 2.95. The number of amides is 1. The number of aromatic nitrogens is 2. The van der Waals surface area contributed by atoms with E-state index in [-0.39, 0.29) is 12.2 Å². The maximum atomic E-state index is 12.6. The number of nitrogens with zero attached hydrogens (tertiary/aromatic N) is 3. The summed E-state index contributed by atoms with van der Waals surface area (Å²) in [5, 5.41) is 14.6. The SMILES string of the molecule is Cc1cc(=O)c(C(=O)N2CCC[C@H](O)C2)nn1-c1ccc(Cl)cc1. The van der Waals surface area contributed by atoms with Crippen LogP contribution in [0.25, 0.3) is 5.69 Å². The van der Waals surface area contributed by atoms with Gasteiger partial charge in [-0.1, -0.05) is 11.6 Å². The molecule has 2 aromatic rings. The van der Waals surface area contributed by atoms with Crippen LogP contribution in [0.3, 0.4) is 0 Å². The van der Waals surface area contributed by atoms with E-state index < -0.39 is 17.4 Å². The van der Waals surface area contributed by atoms with Gasteiger partial charge in [-0.3, -0.25) is 9.59 Å². The molecule has 1 aromatic carbocycles. The number of likely N-dealkylation sites (tertiary alicyclic amines) is 1. The van der Waals surface area contributed by atoms with Crippen molar-refractivity contribution >= 4 is 17.5 Å². The van der Waals surface area contributed by atoms with Gasteiger partial charge in [0.1, 0.15) is 0 Å². The molecule has 1 amide bonds. The third-order valence-corrected chi connectivity index (χ3v) is 4.32. The number of carbonyl (C=O) groups is 1. The quantitative estimate of drug-likeness (QED) is 0.898. The summed E-state index contributed by atoms with van der Waals surface area (Å²) in [5.41, 5.74) is 0.787. The van der Waals surface area contributed by atoms with Crippen molar-refractivity contribution in [3.63, 3.8) is 0 Å². The predicted molar refractivity (Wildman–Crippen MR) is 90.7 cm³/mol. The molecule has 0 spiro atoms. The van der Waals surface area contributed by atoms with Crippen LogP contribution in [0.15, 0.2) is 35.1 Å². The van der Waals surface area contributed by atoms with Gasteiger partial charge in [-0.25, -0.2) is 4.68 Å². The van der Waals surface area contributed by atoms with Gasteiger partial charge < -0.3 is 10.0 Å². The number of piperidine rings is 1. The maximum Gasteiger partial charge on any atom is 0.278 e. The number of benzene rings is 1. The predicted octanol–water partition coefficient (Wildman–Crippen LogP) is 1.79. The van der Waals surface area contributed by atoms with Gasteiger partial charge in [0.05, 0.1) is 11.8 Å². The van der Waals surface area contributed by atoms with Crippen LogP contribution in [-0.2, 0) is 0 Å². The van der Waals surface area contributed by atoms with Crippen molar-refractivity contribution in [3.05, 3.63) is 57.0 Å². The Morgan fingerprint density at radius 3 is 2.71 bits per heavy atom. The lowest BCUT2D eigenvalue weighted by Crippen LogP contribution is -2.44. The highest BCUT2D eigenvalue weighted by Crippen LogP contribution is 2.15. The highest BCUT2D eigenvalue weighted by Gasteiger charge is 2.26. The van der Waals surface area contributed by atoms with E-state index in [4.69, 9.17) is 11.6 Å². The number of hydrogen-bond donors (Lipinski definition) is 1. The molecule has 1 aliphatic heterocycles. The van der Waals surface area contributed by atoms with Gasteiger partial charge in [-0.2, -0.15) is 5.10 Å². The number of aryl methyl sites for hydroxylation is 1. The summed E-state index contributed by atoms with van der Waals surface area (Å²) >= 11 is 5.90. The van der Waals surface area contributed by atoms with Crippen LogP contribution < -0.4 is 5.43 Å². The summed E-state index contributed by atoms with van der Waals surface area (Å²) < 4.78 is 1.55. The van der Waals surface area contributed by atoms with Crippen molar-refractivity contribution in [2.24, 2.45) is 0 Å². The first-order chi connectivity index (χ1) is 11.5. The van der Waals surface area contributed by atoms with Gasteiger partial charge in [-0.05, 0) is 44.0 Å². The third-order valence-electron chi connectivity index (χ3n) is 4.06.